The summed E-state index contributed by atoms with van der Waals surface area (Å²) in [5.41, 5.74) is -0.189. The van der Waals surface area contributed by atoms with Crippen molar-refractivity contribution in [3.63, 3.8) is 0 Å². The fourth-order valence-electron chi connectivity index (χ4n) is 2.50. The van der Waals surface area contributed by atoms with Gasteiger partial charge in [-0.15, -0.1) is 0 Å². The summed E-state index contributed by atoms with van der Waals surface area (Å²) in [6, 6.07) is -0.0811. The zero-order chi connectivity index (χ0) is 16.9. The van der Waals surface area contributed by atoms with Gasteiger partial charge in [0.05, 0.1) is 37.7 Å². The van der Waals surface area contributed by atoms with Crippen LogP contribution >= 0.6 is 0 Å². The number of carbonyl (C=O) groups is 1. The summed E-state index contributed by atoms with van der Waals surface area (Å²) < 4.78 is 10.7. The molecule has 2 heterocycles. The fraction of sp³-hybridized carbons (Fsp3) is 0.733. The third kappa shape index (κ3) is 5.00. The summed E-state index contributed by atoms with van der Waals surface area (Å²) in [4.78, 5) is 18.6. The van der Waals surface area contributed by atoms with Gasteiger partial charge in [0.25, 0.3) is 0 Å². The molecule has 0 unspecified atom stereocenters. The van der Waals surface area contributed by atoms with Crippen LogP contribution in [-0.4, -0.2) is 70.6 Å². The van der Waals surface area contributed by atoms with Gasteiger partial charge in [0, 0.05) is 32.5 Å². The number of hydrogen-bond acceptors (Lipinski definition) is 7. The average molecular weight is 327 g/mol. The Morgan fingerprint density at radius 2 is 2.26 bits per heavy atom. The van der Waals surface area contributed by atoms with Gasteiger partial charge in [-0.25, -0.2) is 4.98 Å². The number of amides is 1. The molecule has 8 heteroatoms. The Bertz CT molecular complexity index is 515. The molecule has 1 fully saturated rings. The van der Waals surface area contributed by atoms with Gasteiger partial charge >= 0.3 is 0 Å². The Morgan fingerprint density at radius 1 is 1.52 bits per heavy atom. The molecule has 0 aliphatic carbocycles. The Hall–Kier alpha value is -1.48. The summed E-state index contributed by atoms with van der Waals surface area (Å²) >= 11 is 0. The van der Waals surface area contributed by atoms with Gasteiger partial charge < -0.3 is 24.7 Å². The van der Waals surface area contributed by atoms with Crippen molar-refractivity contribution >= 4 is 5.91 Å². The predicted molar refractivity (Wildman–Crippen MR) is 81.6 cm³/mol. The Labute approximate surface area is 135 Å². The van der Waals surface area contributed by atoms with Gasteiger partial charge in [0.15, 0.2) is 5.89 Å². The minimum Gasteiger partial charge on any atom is -0.449 e. The molecule has 1 aromatic heterocycles. The average Bonchev–Trinajstić information content (AvgIpc) is 2.94. The normalized spacial score (nSPS) is 19.7. The number of aryl methyl sites for hydroxylation is 1. The largest absolute Gasteiger partial charge is 0.449 e. The van der Waals surface area contributed by atoms with E-state index < -0.39 is 5.54 Å². The number of nitrogens with one attached hydrogen (secondary N) is 1. The van der Waals surface area contributed by atoms with E-state index in [1.807, 2.05) is 0 Å². The zero-order valence-electron chi connectivity index (χ0n) is 13.6. The molecule has 1 aliphatic rings. The van der Waals surface area contributed by atoms with E-state index in [1.165, 1.54) is 0 Å². The molecule has 1 aliphatic heterocycles. The maximum atomic E-state index is 12.2. The molecule has 1 aromatic rings. The van der Waals surface area contributed by atoms with E-state index in [2.05, 4.69) is 15.2 Å². The zero-order valence-corrected chi connectivity index (χ0v) is 13.6. The van der Waals surface area contributed by atoms with Crippen LogP contribution in [0, 0.1) is 6.92 Å². The highest BCUT2D eigenvalue weighted by Gasteiger charge is 2.29. The molecular formula is C15H25N3O5. The van der Waals surface area contributed by atoms with Gasteiger partial charge in [-0.2, -0.15) is 0 Å². The highest BCUT2D eigenvalue weighted by molar-refractivity contribution is 5.77. The molecule has 0 aromatic carbocycles. The van der Waals surface area contributed by atoms with Crippen LogP contribution in [0.5, 0.6) is 0 Å². The number of morpholine rings is 1. The molecule has 1 atom stereocenters. The van der Waals surface area contributed by atoms with E-state index in [-0.39, 0.29) is 31.6 Å². The maximum Gasteiger partial charge on any atom is 0.222 e. The summed E-state index contributed by atoms with van der Waals surface area (Å²) in [6.45, 7) is 5.11. The monoisotopic (exact) mass is 327 g/mol. The van der Waals surface area contributed by atoms with E-state index in [0.717, 1.165) is 5.69 Å². The smallest absolute Gasteiger partial charge is 0.222 e. The highest BCUT2D eigenvalue weighted by atomic mass is 16.5. The van der Waals surface area contributed by atoms with Crippen LogP contribution < -0.4 is 5.32 Å². The minimum absolute atomic E-state index is 0.0811. The lowest BCUT2D eigenvalue weighted by molar-refractivity contribution is -0.127. The molecule has 2 rings (SSSR count). The molecule has 23 heavy (non-hydrogen) atoms. The van der Waals surface area contributed by atoms with Crippen LogP contribution in [0.3, 0.4) is 0 Å². The molecule has 0 saturated carbocycles. The summed E-state index contributed by atoms with van der Waals surface area (Å²) in [7, 11) is 0. The van der Waals surface area contributed by atoms with Crippen molar-refractivity contribution in [1.29, 1.82) is 0 Å². The van der Waals surface area contributed by atoms with E-state index in [9.17, 15) is 15.0 Å². The van der Waals surface area contributed by atoms with E-state index in [1.54, 1.807) is 20.1 Å². The number of aliphatic hydroxyl groups excluding tert-OH is 2. The van der Waals surface area contributed by atoms with Crippen LogP contribution in [-0.2, 0) is 16.1 Å². The van der Waals surface area contributed by atoms with Crippen LogP contribution in [0.25, 0.3) is 0 Å². The lowest BCUT2D eigenvalue weighted by Gasteiger charge is -2.35. The highest BCUT2D eigenvalue weighted by Crippen LogP contribution is 2.15. The predicted octanol–water partition coefficient (Wildman–Crippen LogP) is -0.567. The first-order valence-electron chi connectivity index (χ1n) is 7.71. The molecule has 1 saturated heterocycles. The molecule has 130 valence electrons. The summed E-state index contributed by atoms with van der Waals surface area (Å²) in [6.07, 6.45) is 1.85. The van der Waals surface area contributed by atoms with Crippen molar-refractivity contribution in [3.8, 4) is 0 Å². The molecule has 3 N–H and O–H groups in total. The molecule has 0 spiro atoms. The second-order valence-electron chi connectivity index (χ2n) is 6.19. The fourth-order valence-corrected chi connectivity index (χ4v) is 2.50. The minimum atomic E-state index is -1.01. The number of nitrogens with zero attached hydrogens (tertiary/aromatic N) is 2. The third-order valence-electron chi connectivity index (χ3n) is 3.94. The van der Waals surface area contributed by atoms with Crippen molar-refractivity contribution < 1.29 is 24.2 Å². The van der Waals surface area contributed by atoms with Crippen LogP contribution in [0.4, 0.5) is 0 Å². The third-order valence-corrected chi connectivity index (χ3v) is 3.94. The van der Waals surface area contributed by atoms with Crippen LogP contribution in [0.15, 0.2) is 10.7 Å². The first kappa shape index (κ1) is 17.9. The van der Waals surface area contributed by atoms with Gasteiger partial charge in [-0.1, -0.05) is 0 Å². The van der Waals surface area contributed by atoms with Gasteiger partial charge in [-0.3, -0.25) is 9.69 Å². The Kier molecular flexibility index (Phi) is 6.11. The number of aromatic nitrogens is 1. The van der Waals surface area contributed by atoms with Crippen LogP contribution in [0.2, 0.25) is 0 Å². The summed E-state index contributed by atoms with van der Waals surface area (Å²) in [5.74, 6) is 0.386. The molecule has 1 amide bonds. The van der Waals surface area contributed by atoms with Crippen molar-refractivity contribution in [1.82, 2.24) is 15.2 Å². The number of hydrogen-bond donors (Lipinski definition) is 3. The van der Waals surface area contributed by atoms with E-state index in [4.69, 9.17) is 9.15 Å². The van der Waals surface area contributed by atoms with Gasteiger partial charge in [0.1, 0.15) is 6.26 Å². The first-order valence-corrected chi connectivity index (χ1v) is 7.71. The number of aliphatic hydroxyl groups is 2. The van der Waals surface area contributed by atoms with E-state index in [0.29, 0.717) is 32.2 Å². The number of oxazole rings is 1. The topological polar surface area (TPSA) is 108 Å². The number of rotatable bonds is 7. The molecule has 0 bridgehead atoms. The van der Waals surface area contributed by atoms with Crippen molar-refractivity contribution in [2.75, 3.05) is 33.0 Å². The maximum absolute atomic E-state index is 12.2. The second kappa shape index (κ2) is 7.87. The Balaban J connectivity index is 1.94. The van der Waals surface area contributed by atoms with Crippen molar-refractivity contribution in [2.45, 2.75) is 38.4 Å². The molecular weight excluding hydrogens is 302 g/mol. The van der Waals surface area contributed by atoms with E-state index >= 15 is 0 Å². The van der Waals surface area contributed by atoms with Gasteiger partial charge in [-0.05, 0) is 6.92 Å². The van der Waals surface area contributed by atoms with Crippen LogP contribution in [0.1, 0.15) is 24.9 Å². The SMILES string of the molecule is Cc1nc(CN2CCOC[C@@H]2CC(=O)NC(C)(CO)CO)co1. The summed E-state index contributed by atoms with van der Waals surface area (Å²) in [5, 5.41) is 21.2. The van der Waals surface area contributed by atoms with Crippen molar-refractivity contribution in [3.05, 3.63) is 17.8 Å². The number of carbonyl (C=O) groups excluding carboxylic acids is 1. The number of ether oxygens (including phenoxy) is 1. The van der Waals surface area contributed by atoms with Gasteiger partial charge in [0.2, 0.25) is 5.91 Å². The second-order valence-corrected chi connectivity index (χ2v) is 6.19. The standard InChI is InChI=1S/C15H25N3O5/c1-11-16-12(7-23-11)6-18-3-4-22-8-13(18)5-14(21)17-15(2,9-19)10-20/h7,13,19-20H,3-6,8-10H2,1-2H3,(H,17,21)/t13-/m0/s1. The first-order chi connectivity index (χ1) is 11.0. The lowest BCUT2D eigenvalue weighted by Crippen LogP contribution is -2.54. The lowest BCUT2D eigenvalue weighted by atomic mass is 10.0. The van der Waals surface area contributed by atoms with Crippen molar-refractivity contribution in [2.24, 2.45) is 0 Å². The molecule has 0 radical (unpaired) electrons. The quantitative estimate of drug-likeness (QED) is 0.616. The Morgan fingerprint density at radius 3 is 2.87 bits per heavy atom. The molecule has 8 nitrogen and oxygen atoms in total.